The Labute approximate surface area is 320 Å². The first-order chi connectivity index (χ1) is 25.5. The van der Waals surface area contributed by atoms with Crippen molar-refractivity contribution in [1.29, 1.82) is 0 Å². The van der Waals surface area contributed by atoms with Gasteiger partial charge in [-0.15, -0.1) is 0 Å². The number of aromatic nitrogens is 3. The number of fused-ring (bicyclic) bond motifs is 1. The number of rotatable bonds is 11. The van der Waals surface area contributed by atoms with Crippen LogP contribution in [0.4, 0.5) is 4.79 Å². The number of carbonyl (C=O) groups is 3. The number of hydrogen-bond acceptors (Lipinski definition) is 7. The summed E-state index contributed by atoms with van der Waals surface area (Å²) in [5.74, 6) is 0.226. The Morgan fingerprint density at radius 1 is 0.830 bits per heavy atom. The maximum atomic E-state index is 12.1. The largest absolute Gasteiger partial charge is 0.481 e. The molecule has 2 aliphatic heterocycles. The van der Waals surface area contributed by atoms with Crippen molar-refractivity contribution in [1.82, 2.24) is 35.4 Å². The zero-order valence-corrected chi connectivity index (χ0v) is 31.1. The van der Waals surface area contributed by atoms with E-state index in [-0.39, 0.29) is 43.0 Å². The first-order valence-corrected chi connectivity index (χ1v) is 18.2. The van der Waals surface area contributed by atoms with E-state index in [4.69, 9.17) is 49.5 Å². The highest BCUT2D eigenvalue weighted by Crippen LogP contribution is 2.42. The van der Waals surface area contributed by atoms with Gasteiger partial charge in [0, 0.05) is 65.2 Å². The molecule has 3 amide bonds. The minimum Gasteiger partial charge on any atom is -0.481 e. The van der Waals surface area contributed by atoms with Crippen LogP contribution in [0.2, 0.25) is 15.1 Å². The number of hydrogen-bond donors (Lipinski definition) is 4. The summed E-state index contributed by atoms with van der Waals surface area (Å²) < 4.78 is 5.60. The van der Waals surface area contributed by atoms with Crippen LogP contribution in [0, 0.1) is 0 Å². The molecular formula is C38H36Cl3N7O5. The second kappa shape index (κ2) is 15.2. The third-order valence-corrected chi connectivity index (χ3v) is 11.0. The van der Waals surface area contributed by atoms with Gasteiger partial charge in [-0.3, -0.25) is 14.5 Å². The number of H-pyrrole nitrogens is 1. The molecule has 5 heterocycles. The number of carbonyl (C=O) groups excluding carboxylic acids is 2. The molecular weight excluding hydrogens is 741 g/mol. The Bertz CT molecular complexity index is 2250. The lowest BCUT2D eigenvalue weighted by Gasteiger charge is -2.23. The Hall–Kier alpha value is -4.88. The Morgan fingerprint density at radius 3 is 2.06 bits per heavy atom. The lowest BCUT2D eigenvalue weighted by atomic mass is 9.98. The van der Waals surface area contributed by atoms with Crippen LogP contribution >= 0.6 is 34.8 Å². The van der Waals surface area contributed by atoms with Crippen molar-refractivity contribution in [3.63, 3.8) is 0 Å². The molecule has 2 saturated heterocycles. The zero-order chi connectivity index (χ0) is 37.4. The molecule has 0 spiro atoms. The van der Waals surface area contributed by atoms with Gasteiger partial charge in [0.05, 0.1) is 52.0 Å². The van der Waals surface area contributed by atoms with Crippen molar-refractivity contribution in [2.24, 2.45) is 0 Å². The summed E-state index contributed by atoms with van der Waals surface area (Å²) in [5, 5.41) is 17.9. The van der Waals surface area contributed by atoms with Crippen LogP contribution in [0.1, 0.15) is 36.9 Å². The zero-order valence-electron chi connectivity index (χ0n) is 28.9. The number of amides is 3. The van der Waals surface area contributed by atoms with Crippen molar-refractivity contribution < 1.29 is 24.2 Å². The highest BCUT2D eigenvalue weighted by Gasteiger charge is 2.28. The smallest absolute Gasteiger partial charge is 0.407 e. The predicted octanol–water partition coefficient (Wildman–Crippen LogP) is 7.35. The summed E-state index contributed by atoms with van der Waals surface area (Å²) in [6.07, 6.45) is 1.05. The summed E-state index contributed by atoms with van der Waals surface area (Å²) in [7, 11) is 3.42. The molecule has 0 unspecified atom stereocenters. The monoisotopic (exact) mass is 775 g/mol. The second-order valence-corrected chi connectivity index (χ2v) is 14.3. The van der Waals surface area contributed by atoms with Gasteiger partial charge in [0.25, 0.3) is 0 Å². The number of nitrogens with zero attached hydrogens (tertiary/aromatic N) is 4. The molecule has 0 aliphatic carbocycles. The van der Waals surface area contributed by atoms with Crippen molar-refractivity contribution in [3.8, 4) is 39.5 Å². The van der Waals surface area contributed by atoms with Gasteiger partial charge in [-0.1, -0.05) is 71.2 Å². The molecule has 4 N–H and O–H groups in total. The standard InChI is InChI=1S/C38H36Cl3N7O5/c1-47(30-14-16-32(50)46-30)19-29-35(41)26-11-13-27(43-36(26)44-29)24-7-3-5-22(33(24)39)23-6-4-8-25(34(23)40)28-12-9-20(37(45-28)53-2)17-48(38(51)52)18-21-10-15-31(49)42-21/h3-9,11-13,21,30H,10,14-19H2,1-2H3,(H,42,49)(H,43,44)(H,46,50)(H,51,52)/t21-,30-/m0/s1. The van der Waals surface area contributed by atoms with Crippen LogP contribution in [0.15, 0.2) is 60.7 Å². The maximum Gasteiger partial charge on any atom is 0.407 e. The predicted molar refractivity (Wildman–Crippen MR) is 204 cm³/mol. The van der Waals surface area contributed by atoms with E-state index in [0.717, 1.165) is 17.5 Å². The number of aromatic amines is 1. The average molecular weight is 777 g/mol. The summed E-state index contributed by atoms with van der Waals surface area (Å²) in [6.45, 7) is 0.691. The summed E-state index contributed by atoms with van der Waals surface area (Å²) >= 11 is 21.0. The topological polar surface area (TPSA) is 153 Å². The number of ether oxygens (including phenoxy) is 1. The second-order valence-electron chi connectivity index (χ2n) is 13.2. The van der Waals surface area contributed by atoms with Crippen LogP contribution in [-0.2, 0) is 22.7 Å². The van der Waals surface area contributed by atoms with Crippen LogP contribution in [-0.4, -0.2) is 80.7 Å². The van der Waals surface area contributed by atoms with Gasteiger partial charge in [0.2, 0.25) is 17.7 Å². The first-order valence-electron chi connectivity index (χ1n) is 17.1. The van der Waals surface area contributed by atoms with Crippen LogP contribution in [0.25, 0.3) is 44.7 Å². The fourth-order valence-corrected chi connectivity index (χ4v) is 7.84. The normalized spacial score (nSPS) is 17.0. The third kappa shape index (κ3) is 7.50. The molecule has 2 fully saturated rings. The van der Waals surface area contributed by atoms with E-state index in [9.17, 15) is 19.5 Å². The number of nitrogens with one attached hydrogen (secondary N) is 3. The Morgan fingerprint density at radius 2 is 1.45 bits per heavy atom. The number of carboxylic acid groups (broad SMARTS) is 1. The molecule has 2 aromatic carbocycles. The fourth-order valence-electron chi connectivity index (χ4n) is 6.93. The molecule has 15 heteroatoms. The van der Waals surface area contributed by atoms with Crippen molar-refractivity contribution in [2.75, 3.05) is 20.7 Å². The van der Waals surface area contributed by atoms with E-state index in [1.165, 1.54) is 12.0 Å². The van der Waals surface area contributed by atoms with Gasteiger partial charge in [0.15, 0.2) is 0 Å². The van der Waals surface area contributed by atoms with Gasteiger partial charge >= 0.3 is 6.09 Å². The molecule has 12 nitrogen and oxygen atoms in total. The molecule has 7 rings (SSSR count). The molecule has 2 atom stereocenters. The third-order valence-electron chi connectivity index (χ3n) is 9.71. The van der Waals surface area contributed by atoms with Crippen molar-refractivity contribution >= 4 is 63.7 Å². The minimum atomic E-state index is -1.11. The molecule has 2 aliphatic rings. The van der Waals surface area contributed by atoms with Crippen LogP contribution in [0.3, 0.4) is 0 Å². The average Bonchev–Trinajstić information content (AvgIpc) is 3.86. The molecule has 0 radical (unpaired) electrons. The lowest BCUT2D eigenvalue weighted by molar-refractivity contribution is -0.120. The molecule has 3 aromatic heterocycles. The quantitative estimate of drug-likeness (QED) is 0.109. The SMILES string of the molecule is COc1nc(-c2cccc(-c3cccc(-c4ccc5c(Cl)c(CN(C)[C@H]6CCC(=O)N6)[nH]c5n4)c3Cl)c2Cl)ccc1CN(C[C@@H]1CCC(=O)N1)C(=O)O. The van der Waals surface area contributed by atoms with Crippen LogP contribution in [0.5, 0.6) is 5.88 Å². The van der Waals surface area contributed by atoms with E-state index in [0.29, 0.717) is 85.7 Å². The molecule has 5 aromatic rings. The Kier molecular flexibility index (Phi) is 10.5. The van der Waals surface area contributed by atoms with E-state index in [1.807, 2.05) is 60.5 Å². The molecule has 274 valence electrons. The highest BCUT2D eigenvalue weighted by atomic mass is 35.5. The maximum absolute atomic E-state index is 12.1. The van der Waals surface area contributed by atoms with Gasteiger partial charge in [-0.05, 0) is 44.2 Å². The molecule has 0 bridgehead atoms. The van der Waals surface area contributed by atoms with E-state index < -0.39 is 6.09 Å². The van der Waals surface area contributed by atoms with Crippen molar-refractivity contribution in [2.45, 2.75) is 51.0 Å². The minimum absolute atomic E-state index is 0.0291. The van der Waals surface area contributed by atoms with E-state index in [1.54, 1.807) is 12.1 Å². The number of halogens is 3. The number of benzene rings is 2. The summed E-state index contributed by atoms with van der Waals surface area (Å²) in [6, 6.07) is 18.4. The van der Waals surface area contributed by atoms with Gasteiger partial charge in [0.1, 0.15) is 5.65 Å². The summed E-state index contributed by atoms with van der Waals surface area (Å²) in [5.41, 5.74) is 5.88. The fraction of sp³-hybridized carbons (Fsp3) is 0.289. The van der Waals surface area contributed by atoms with Gasteiger partial charge in [-0.2, -0.15) is 0 Å². The van der Waals surface area contributed by atoms with Crippen molar-refractivity contribution in [3.05, 3.63) is 87.0 Å². The number of pyridine rings is 2. The van der Waals surface area contributed by atoms with Gasteiger partial charge < -0.3 is 30.4 Å². The highest BCUT2D eigenvalue weighted by molar-refractivity contribution is 6.39. The van der Waals surface area contributed by atoms with Gasteiger partial charge in [-0.25, -0.2) is 14.8 Å². The Balaban J connectivity index is 1.15. The number of methoxy groups -OCH3 is 1. The van der Waals surface area contributed by atoms with Crippen LogP contribution < -0.4 is 15.4 Å². The molecule has 53 heavy (non-hydrogen) atoms. The molecule has 0 saturated carbocycles. The lowest BCUT2D eigenvalue weighted by Crippen LogP contribution is -2.41. The van der Waals surface area contributed by atoms with E-state index >= 15 is 0 Å². The first kappa shape index (κ1) is 36.5. The summed E-state index contributed by atoms with van der Waals surface area (Å²) in [4.78, 5) is 51.7. The van der Waals surface area contributed by atoms with E-state index in [2.05, 4.69) is 15.6 Å².